The van der Waals surface area contributed by atoms with Gasteiger partial charge in [-0.1, -0.05) is 30.3 Å². The van der Waals surface area contributed by atoms with Crippen LogP contribution < -0.4 is 19.5 Å². The molecule has 1 N–H and O–H groups in total. The molecular formula is C26H34N2O5. The minimum absolute atomic E-state index is 0.0409. The van der Waals surface area contributed by atoms with Crippen molar-refractivity contribution in [3.05, 3.63) is 53.6 Å². The molecule has 3 rings (SSSR count). The predicted octanol–water partition coefficient (Wildman–Crippen LogP) is 3.85. The number of Topliss-reactive ketones (excluding diaryl/α,β-unsaturated/α-hetero) is 1. The summed E-state index contributed by atoms with van der Waals surface area (Å²) in [5.74, 6) is 1.38. The van der Waals surface area contributed by atoms with Crippen LogP contribution >= 0.6 is 0 Å². The lowest BCUT2D eigenvalue weighted by Crippen LogP contribution is -2.44. The Morgan fingerprint density at radius 1 is 0.970 bits per heavy atom. The fraction of sp³-hybridized carbons (Fsp3) is 0.462. The quantitative estimate of drug-likeness (QED) is 0.491. The van der Waals surface area contributed by atoms with E-state index < -0.39 is 0 Å². The summed E-state index contributed by atoms with van der Waals surface area (Å²) < 4.78 is 17.2. The molecule has 0 saturated carbocycles. The minimum Gasteiger partial charge on any atom is -0.490 e. The summed E-state index contributed by atoms with van der Waals surface area (Å²) in [5, 5.41) is 3.01. The highest BCUT2D eigenvalue weighted by molar-refractivity contribution is 5.99. The molecule has 0 unspecified atom stereocenters. The van der Waals surface area contributed by atoms with Crippen LogP contribution in [0.1, 0.15) is 49.5 Å². The number of amides is 1. The number of nitrogens with one attached hydrogen (secondary N) is 1. The first-order valence-electron chi connectivity index (χ1n) is 11.7. The first kappa shape index (κ1) is 24.6. The maximum atomic E-state index is 13.2. The van der Waals surface area contributed by atoms with Crippen molar-refractivity contribution in [3.63, 3.8) is 0 Å². The number of benzene rings is 2. The number of likely N-dealkylation sites (tertiary alicyclic amines) is 1. The van der Waals surface area contributed by atoms with E-state index in [1.165, 1.54) is 0 Å². The van der Waals surface area contributed by atoms with Gasteiger partial charge in [0.15, 0.2) is 17.3 Å². The maximum absolute atomic E-state index is 13.2. The van der Waals surface area contributed by atoms with Crippen molar-refractivity contribution in [1.82, 2.24) is 10.2 Å². The van der Waals surface area contributed by atoms with Crippen molar-refractivity contribution in [2.75, 3.05) is 32.9 Å². The van der Waals surface area contributed by atoms with Crippen molar-refractivity contribution in [1.29, 1.82) is 0 Å². The number of carbonyl (C=O) groups is 2. The smallest absolute Gasteiger partial charge is 0.237 e. The Hall–Kier alpha value is -3.06. The van der Waals surface area contributed by atoms with E-state index in [0.717, 1.165) is 18.4 Å². The van der Waals surface area contributed by atoms with Gasteiger partial charge in [0.2, 0.25) is 11.7 Å². The van der Waals surface area contributed by atoms with Gasteiger partial charge in [-0.15, -0.1) is 0 Å². The third-order valence-electron chi connectivity index (χ3n) is 5.55. The second-order valence-electron chi connectivity index (χ2n) is 7.86. The molecule has 1 aliphatic rings. The molecule has 1 atom stereocenters. The second kappa shape index (κ2) is 12.3. The normalized spacial score (nSPS) is 15.8. The predicted molar refractivity (Wildman–Crippen MR) is 127 cm³/mol. The molecule has 1 amide bonds. The molecule has 2 aromatic rings. The minimum atomic E-state index is -0.307. The Morgan fingerprint density at radius 3 is 2.21 bits per heavy atom. The molecule has 7 heteroatoms. The van der Waals surface area contributed by atoms with E-state index in [-0.39, 0.29) is 24.3 Å². The monoisotopic (exact) mass is 454 g/mol. The summed E-state index contributed by atoms with van der Waals surface area (Å²) >= 11 is 0. The average molecular weight is 455 g/mol. The number of ether oxygens (including phenoxy) is 3. The molecule has 1 saturated heterocycles. The van der Waals surface area contributed by atoms with Crippen molar-refractivity contribution in [2.45, 2.75) is 46.2 Å². The largest absolute Gasteiger partial charge is 0.490 e. The van der Waals surface area contributed by atoms with Crippen LogP contribution in [0.2, 0.25) is 0 Å². The number of hydrogen-bond acceptors (Lipinski definition) is 6. The Morgan fingerprint density at radius 2 is 1.61 bits per heavy atom. The van der Waals surface area contributed by atoms with Crippen LogP contribution in [-0.4, -0.2) is 55.5 Å². The average Bonchev–Trinajstić information content (AvgIpc) is 3.28. The molecule has 178 valence electrons. The topological polar surface area (TPSA) is 77.1 Å². The highest BCUT2D eigenvalue weighted by atomic mass is 16.5. The van der Waals surface area contributed by atoms with Crippen molar-refractivity contribution in [2.24, 2.45) is 0 Å². The van der Waals surface area contributed by atoms with Crippen LogP contribution in [0.25, 0.3) is 0 Å². The summed E-state index contributed by atoms with van der Waals surface area (Å²) in [5.41, 5.74) is 1.54. The van der Waals surface area contributed by atoms with Gasteiger partial charge in [0, 0.05) is 12.1 Å². The molecule has 0 aliphatic carbocycles. The molecule has 1 heterocycles. The lowest BCUT2D eigenvalue weighted by Gasteiger charge is -2.23. The number of rotatable bonds is 12. The highest BCUT2D eigenvalue weighted by Crippen LogP contribution is 2.39. The van der Waals surface area contributed by atoms with Crippen LogP contribution in [0, 0.1) is 0 Å². The van der Waals surface area contributed by atoms with Crippen LogP contribution in [0.5, 0.6) is 17.2 Å². The first-order valence-corrected chi connectivity index (χ1v) is 11.7. The van der Waals surface area contributed by atoms with E-state index in [4.69, 9.17) is 14.2 Å². The number of ketones is 1. The van der Waals surface area contributed by atoms with Gasteiger partial charge in [-0.25, -0.2) is 0 Å². The Bertz CT molecular complexity index is 905. The zero-order valence-corrected chi connectivity index (χ0v) is 19.8. The maximum Gasteiger partial charge on any atom is 0.237 e. The van der Waals surface area contributed by atoms with E-state index in [1.807, 2.05) is 56.0 Å². The molecule has 1 aliphatic heterocycles. The van der Waals surface area contributed by atoms with Crippen LogP contribution in [0.3, 0.4) is 0 Å². The molecule has 1 fully saturated rings. The fourth-order valence-corrected chi connectivity index (χ4v) is 4.04. The van der Waals surface area contributed by atoms with Gasteiger partial charge in [-0.2, -0.15) is 0 Å². The zero-order chi connectivity index (χ0) is 23.6. The Balaban J connectivity index is 1.71. The summed E-state index contributed by atoms with van der Waals surface area (Å²) in [6.07, 6.45) is 1.62. The van der Waals surface area contributed by atoms with Crippen molar-refractivity contribution < 1.29 is 23.8 Å². The molecule has 0 radical (unpaired) electrons. The molecule has 0 aromatic heterocycles. The summed E-state index contributed by atoms with van der Waals surface area (Å²) in [6.45, 7) is 8.35. The van der Waals surface area contributed by atoms with Gasteiger partial charge in [-0.05, 0) is 57.9 Å². The summed E-state index contributed by atoms with van der Waals surface area (Å²) in [7, 11) is 0. The van der Waals surface area contributed by atoms with E-state index in [2.05, 4.69) is 5.32 Å². The van der Waals surface area contributed by atoms with Crippen LogP contribution in [-0.2, 0) is 11.3 Å². The van der Waals surface area contributed by atoms with Gasteiger partial charge in [0.25, 0.3) is 0 Å². The molecule has 0 bridgehead atoms. The van der Waals surface area contributed by atoms with E-state index in [1.54, 1.807) is 12.1 Å². The van der Waals surface area contributed by atoms with Gasteiger partial charge < -0.3 is 19.5 Å². The lowest BCUT2D eigenvalue weighted by molar-refractivity contribution is -0.125. The molecule has 0 spiro atoms. The summed E-state index contributed by atoms with van der Waals surface area (Å²) in [4.78, 5) is 28.0. The van der Waals surface area contributed by atoms with E-state index >= 15 is 0 Å². The Kier molecular flexibility index (Phi) is 9.13. The zero-order valence-electron chi connectivity index (χ0n) is 19.8. The highest BCUT2D eigenvalue weighted by Gasteiger charge is 2.32. The number of carbonyl (C=O) groups excluding carboxylic acids is 2. The molecule has 7 nitrogen and oxygen atoms in total. The molecule has 33 heavy (non-hydrogen) atoms. The second-order valence-corrected chi connectivity index (χ2v) is 7.86. The van der Waals surface area contributed by atoms with E-state index in [0.29, 0.717) is 55.7 Å². The van der Waals surface area contributed by atoms with Gasteiger partial charge >= 0.3 is 0 Å². The first-order chi connectivity index (χ1) is 16.1. The van der Waals surface area contributed by atoms with Gasteiger partial charge in [-0.3, -0.25) is 14.5 Å². The van der Waals surface area contributed by atoms with Crippen molar-refractivity contribution in [3.8, 4) is 17.2 Å². The van der Waals surface area contributed by atoms with Crippen LogP contribution in [0.4, 0.5) is 0 Å². The number of hydrogen-bond donors (Lipinski definition) is 1. The fourth-order valence-electron chi connectivity index (χ4n) is 4.04. The van der Waals surface area contributed by atoms with Gasteiger partial charge in [0.1, 0.15) is 0 Å². The lowest BCUT2D eigenvalue weighted by atomic mass is 10.1. The third kappa shape index (κ3) is 6.48. The third-order valence-corrected chi connectivity index (χ3v) is 5.55. The van der Waals surface area contributed by atoms with Crippen LogP contribution in [0.15, 0.2) is 42.5 Å². The standard InChI is InChI=1S/C26H34N2O5/c1-4-31-23-15-20(16-24(32-5-2)25(23)33-6-3)22(29)18-28-14-10-13-21(28)26(30)27-17-19-11-8-7-9-12-19/h7-9,11-12,15-16,21H,4-6,10,13-14,17-18H2,1-3H3,(H,27,30)/t21-/m0/s1. The summed E-state index contributed by atoms with van der Waals surface area (Å²) in [6, 6.07) is 12.9. The van der Waals surface area contributed by atoms with Crippen molar-refractivity contribution >= 4 is 11.7 Å². The molecular weight excluding hydrogens is 420 g/mol. The van der Waals surface area contributed by atoms with Gasteiger partial charge in [0.05, 0.1) is 32.4 Å². The number of nitrogens with zero attached hydrogens (tertiary/aromatic N) is 1. The SMILES string of the molecule is CCOc1cc(C(=O)CN2CCC[C@H]2C(=O)NCc2ccccc2)cc(OCC)c1OCC. The Labute approximate surface area is 196 Å². The van der Waals surface area contributed by atoms with E-state index in [9.17, 15) is 9.59 Å². The molecule has 2 aromatic carbocycles.